The SMILES string of the molecule is Nc1ncc(-c2cc([C@]34C5[C@@H]3[C@@H]4CN5CC(F)(F)F)n(C3COC3)n2)cc1Cl. The van der Waals surface area contributed by atoms with Crippen LogP contribution in [0.15, 0.2) is 18.3 Å². The summed E-state index contributed by atoms with van der Waals surface area (Å²) in [6, 6.07) is 3.80. The fraction of sp³-hybridized carbons (Fsp3) is 0.556. The van der Waals surface area contributed by atoms with E-state index >= 15 is 0 Å². The van der Waals surface area contributed by atoms with Gasteiger partial charge in [-0.15, -0.1) is 0 Å². The Bertz CT molecular complexity index is 984. The van der Waals surface area contributed by atoms with Crippen molar-refractivity contribution >= 4 is 17.4 Å². The van der Waals surface area contributed by atoms with E-state index in [9.17, 15) is 13.2 Å². The summed E-state index contributed by atoms with van der Waals surface area (Å²) in [6.45, 7) is 0.803. The van der Waals surface area contributed by atoms with Gasteiger partial charge in [-0.2, -0.15) is 18.3 Å². The van der Waals surface area contributed by atoms with Gasteiger partial charge in [-0.05, 0) is 24.0 Å². The third-order valence-electron chi connectivity index (χ3n) is 6.73. The summed E-state index contributed by atoms with van der Waals surface area (Å²) in [6.07, 6.45) is -2.55. The predicted octanol–water partition coefficient (Wildman–Crippen LogP) is 2.50. The van der Waals surface area contributed by atoms with Crippen molar-refractivity contribution in [2.45, 2.75) is 23.7 Å². The molecule has 2 N–H and O–H groups in total. The Hall–Kier alpha value is -1.84. The average molecular weight is 412 g/mol. The number of nitrogens with two attached hydrogens (primary N) is 1. The molecule has 28 heavy (non-hydrogen) atoms. The highest BCUT2D eigenvalue weighted by Gasteiger charge is 2.93. The Morgan fingerprint density at radius 1 is 1.32 bits per heavy atom. The van der Waals surface area contributed by atoms with Gasteiger partial charge in [-0.25, -0.2) is 4.98 Å². The molecule has 4 atom stereocenters. The number of pyridine rings is 1. The number of nitrogens with zero attached hydrogens (tertiary/aromatic N) is 4. The van der Waals surface area contributed by atoms with Gasteiger partial charge in [-0.1, -0.05) is 11.6 Å². The minimum atomic E-state index is -4.17. The quantitative estimate of drug-likeness (QED) is 0.837. The minimum absolute atomic E-state index is 0.0310. The summed E-state index contributed by atoms with van der Waals surface area (Å²) < 4.78 is 46.0. The van der Waals surface area contributed by atoms with Crippen LogP contribution < -0.4 is 5.73 Å². The van der Waals surface area contributed by atoms with Crippen LogP contribution in [0.4, 0.5) is 19.0 Å². The van der Waals surface area contributed by atoms with Crippen LogP contribution in [-0.2, 0) is 10.2 Å². The summed E-state index contributed by atoms with van der Waals surface area (Å²) in [5.41, 5.74) is 7.99. The molecule has 5 heterocycles. The molecule has 3 saturated heterocycles. The number of hydrogen-bond donors (Lipinski definition) is 1. The summed E-state index contributed by atoms with van der Waals surface area (Å²) in [5.74, 6) is 0.853. The molecule has 2 aromatic heterocycles. The number of nitrogen functional groups attached to an aromatic ring is 1. The van der Waals surface area contributed by atoms with Crippen LogP contribution in [0.3, 0.4) is 0 Å². The Labute approximate surface area is 163 Å². The molecule has 6 nitrogen and oxygen atoms in total. The summed E-state index contributed by atoms with van der Waals surface area (Å²) in [7, 11) is 0. The van der Waals surface area contributed by atoms with E-state index in [0.717, 1.165) is 11.3 Å². The lowest BCUT2D eigenvalue weighted by Crippen LogP contribution is -2.35. The number of piperidine rings is 1. The second-order valence-electron chi connectivity index (χ2n) is 8.20. The van der Waals surface area contributed by atoms with E-state index in [2.05, 4.69) is 4.98 Å². The lowest BCUT2D eigenvalue weighted by Gasteiger charge is -2.29. The number of fused-ring (bicyclic) bond motifs is 1. The van der Waals surface area contributed by atoms with Crippen LogP contribution in [0.25, 0.3) is 11.3 Å². The van der Waals surface area contributed by atoms with Gasteiger partial charge in [0.25, 0.3) is 0 Å². The van der Waals surface area contributed by atoms with Crippen LogP contribution in [0, 0.1) is 11.8 Å². The molecule has 2 aromatic rings. The molecule has 2 aliphatic carbocycles. The predicted molar refractivity (Wildman–Crippen MR) is 94.8 cm³/mol. The maximum Gasteiger partial charge on any atom is 0.401 e. The highest BCUT2D eigenvalue weighted by Crippen LogP contribution is 2.85. The lowest BCUT2D eigenvalue weighted by atomic mass is 10.0. The molecular weight excluding hydrogens is 395 g/mol. The molecule has 0 aromatic carbocycles. The minimum Gasteiger partial charge on any atom is -0.382 e. The van der Waals surface area contributed by atoms with Crippen molar-refractivity contribution < 1.29 is 17.9 Å². The topological polar surface area (TPSA) is 69.2 Å². The van der Waals surface area contributed by atoms with Crippen molar-refractivity contribution in [1.82, 2.24) is 19.7 Å². The van der Waals surface area contributed by atoms with E-state index in [1.165, 1.54) is 0 Å². The van der Waals surface area contributed by atoms with Crippen LogP contribution in [0.5, 0.6) is 0 Å². The average Bonchev–Trinajstić information content (AvgIpc) is 3.15. The molecule has 2 saturated carbocycles. The van der Waals surface area contributed by atoms with Crippen molar-refractivity contribution in [2.75, 3.05) is 32.0 Å². The maximum atomic E-state index is 12.9. The number of anilines is 1. The fourth-order valence-electron chi connectivity index (χ4n) is 5.40. The van der Waals surface area contributed by atoms with Gasteiger partial charge in [0.2, 0.25) is 0 Å². The molecule has 148 valence electrons. The molecule has 3 aliphatic heterocycles. The van der Waals surface area contributed by atoms with Gasteiger partial charge in [0.1, 0.15) is 5.82 Å². The molecule has 0 amide bonds. The summed E-state index contributed by atoms with van der Waals surface area (Å²) in [4.78, 5) is 5.68. The van der Waals surface area contributed by atoms with Crippen molar-refractivity contribution in [1.29, 1.82) is 0 Å². The first kappa shape index (κ1) is 17.1. The van der Waals surface area contributed by atoms with Gasteiger partial charge in [0.15, 0.2) is 0 Å². The van der Waals surface area contributed by atoms with Gasteiger partial charge in [0.05, 0.1) is 36.5 Å². The van der Waals surface area contributed by atoms with E-state index in [4.69, 9.17) is 27.2 Å². The van der Waals surface area contributed by atoms with Gasteiger partial charge < -0.3 is 10.5 Å². The number of aromatic nitrogens is 3. The maximum absolute atomic E-state index is 12.9. The molecule has 1 unspecified atom stereocenters. The fourth-order valence-corrected chi connectivity index (χ4v) is 5.57. The number of hydrogen-bond acceptors (Lipinski definition) is 5. The molecule has 7 rings (SSSR count). The van der Waals surface area contributed by atoms with Crippen molar-refractivity contribution in [3.8, 4) is 11.3 Å². The smallest absolute Gasteiger partial charge is 0.382 e. The third kappa shape index (κ3) is 2.12. The molecule has 5 aliphatic rings. The van der Waals surface area contributed by atoms with E-state index in [1.807, 2.05) is 10.7 Å². The molecule has 10 heteroatoms. The lowest BCUT2D eigenvalue weighted by molar-refractivity contribution is -0.144. The molecule has 0 spiro atoms. The number of halogens is 4. The second-order valence-corrected chi connectivity index (χ2v) is 8.60. The normalized spacial score (nSPS) is 33.6. The highest BCUT2D eigenvalue weighted by atomic mass is 35.5. The Morgan fingerprint density at radius 2 is 2.11 bits per heavy atom. The second kappa shape index (κ2) is 5.20. The first-order valence-corrected chi connectivity index (χ1v) is 9.58. The van der Waals surface area contributed by atoms with Crippen LogP contribution in [0.1, 0.15) is 11.7 Å². The Morgan fingerprint density at radius 3 is 2.71 bits per heavy atom. The van der Waals surface area contributed by atoms with Crippen molar-refractivity contribution in [2.24, 2.45) is 11.8 Å². The number of ether oxygens (including phenoxy) is 1. The Kier molecular flexibility index (Phi) is 3.17. The van der Waals surface area contributed by atoms with Crippen LogP contribution in [-0.4, -0.2) is 58.2 Å². The zero-order valence-corrected chi connectivity index (χ0v) is 15.4. The van der Waals surface area contributed by atoms with Crippen LogP contribution >= 0.6 is 11.6 Å². The zero-order valence-electron chi connectivity index (χ0n) is 14.7. The van der Waals surface area contributed by atoms with E-state index < -0.39 is 12.7 Å². The molecule has 2 bridgehead atoms. The van der Waals surface area contributed by atoms with Gasteiger partial charge >= 0.3 is 6.18 Å². The first-order valence-electron chi connectivity index (χ1n) is 9.20. The first-order chi connectivity index (χ1) is 13.3. The number of rotatable bonds is 4. The van der Waals surface area contributed by atoms with E-state index in [0.29, 0.717) is 36.4 Å². The van der Waals surface area contributed by atoms with Crippen molar-refractivity contribution in [3.05, 3.63) is 29.0 Å². The number of alkyl halides is 3. The molecule has 5 fully saturated rings. The largest absolute Gasteiger partial charge is 0.401 e. The summed E-state index contributed by atoms with van der Waals surface area (Å²) >= 11 is 6.10. The monoisotopic (exact) mass is 411 g/mol. The van der Waals surface area contributed by atoms with Gasteiger partial charge in [-0.3, -0.25) is 9.58 Å². The van der Waals surface area contributed by atoms with E-state index in [1.54, 1.807) is 17.2 Å². The van der Waals surface area contributed by atoms with Crippen LogP contribution in [0.2, 0.25) is 5.02 Å². The zero-order chi connectivity index (χ0) is 19.4. The molecule has 0 radical (unpaired) electrons. The highest BCUT2D eigenvalue weighted by molar-refractivity contribution is 6.33. The van der Waals surface area contributed by atoms with Gasteiger partial charge in [0, 0.05) is 35.5 Å². The van der Waals surface area contributed by atoms with Crippen molar-refractivity contribution in [3.63, 3.8) is 0 Å². The summed E-state index contributed by atoms with van der Waals surface area (Å²) in [5, 5.41) is 5.11. The van der Waals surface area contributed by atoms with E-state index in [-0.39, 0.29) is 29.2 Å². The Balaban J connectivity index is 1.37. The standard InChI is InChI=1S/C18H17ClF3N5O/c19-11-1-8(3-24-16(11)23)12-2-13(27(25-12)9-5-28-6-9)18-10-4-26(7-17(20,21)22)15(18)14(10)18/h1-3,9-10,14-15H,4-7H2,(H2,23,24)/t10-,14-,15?,18-/m0/s1. The third-order valence-corrected chi connectivity index (χ3v) is 7.03. The molecular formula is C18H17ClF3N5O.